The smallest absolute Gasteiger partial charge is 0.255 e. The highest BCUT2D eigenvalue weighted by atomic mass is 19.1. The summed E-state index contributed by atoms with van der Waals surface area (Å²) in [5.41, 5.74) is 2.78. The molecule has 0 bridgehead atoms. The molecule has 0 unspecified atom stereocenters. The van der Waals surface area contributed by atoms with Crippen molar-refractivity contribution in [3.63, 3.8) is 0 Å². The number of hydrogen-bond acceptors (Lipinski definition) is 3. The average Bonchev–Trinajstić information content (AvgIpc) is 2.69. The zero-order valence-electron chi connectivity index (χ0n) is 15.0. The number of hydrogen-bond donors (Lipinski definition) is 1. The summed E-state index contributed by atoms with van der Waals surface area (Å²) in [6, 6.07) is 19.2. The molecule has 0 saturated heterocycles. The Morgan fingerprint density at radius 2 is 1.75 bits per heavy atom. The molecule has 1 heterocycles. The van der Waals surface area contributed by atoms with Crippen LogP contribution in [0.2, 0.25) is 0 Å². The van der Waals surface area contributed by atoms with Crippen molar-refractivity contribution in [3.05, 3.63) is 100.0 Å². The van der Waals surface area contributed by atoms with E-state index in [-0.39, 0.29) is 17.2 Å². The lowest BCUT2D eigenvalue weighted by molar-refractivity contribution is 0.102. The van der Waals surface area contributed by atoms with E-state index in [0.717, 1.165) is 5.56 Å². The second-order valence-electron chi connectivity index (χ2n) is 6.52. The summed E-state index contributed by atoms with van der Waals surface area (Å²) >= 11 is 0. The molecule has 3 aromatic carbocycles. The van der Waals surface area contributed by atoms with Gasteiger partial charge in [0.1, 0.15) is 17.2 Å². The second-order valence-corrected chi connectivity index (χ2v) is 6.52. The van der Waals surface area contributed by atoms with Crippen molar-refractivity contribution in [2.24, 2.45) is 0 Å². The van der Waals surface area contributed by atoms with Gasteiger partial charge >= 0.3 is 0 Å². The van der Waals surface area contributed by atoms with Crippen LogP contribution >= 0.6 is 0 Å². The monoisotopic (exact) mass is 373 g/mol. The topological polar surface area (TPSA) is 59.3 Å². The van der Waals surface area contributed by atoms with Gasteiger partial charge in [-0.2, -0.15) is 0 Å². The average molecular weight is 373 g/mol. The molecule has 0 saturated carbocycles. The summed E-state index contributed by atoms with van der Waals surface area (Å²) in [5, 5.41) is 3.15. The van der Waals surface area contributed by atoms with Crippen LogP contribution in [0.25, 0.3) is 22.3 Å². The Hall–Kier alpha value is -3.73. The lowest BCUT2D eigenvalue weighted by Crippen LogP contribution is -2.12. The molecule has 1 N–H and O–H groups in total. The number of anilines is 1. The number of benzene rings is 3. The first-order chi connectivity index (χ1) is 13.5. The molecule has 0 fully saturated rings. The maximum Gasteiger partial charge on any atom is 0.255 e. The third-order valence-corrected chi connectivity index (χ3v) is 4.39. The molecule has 0 aliphatic carbocycles. The Morgan fingerprint density at radius 1 is 0.964 bits per heavy atom. The van der Waals surface area contributed by atoms with Crippen LogP contribution in [0.4, 0.5) is 10.1 Å². The minimum atomic E-state index is -0.360. The van der Waals surface area contributed by atoms with Gasteiger partial charge in [-0.3, -0.25) is 9.59 Å². The Kier molecular flexibility index (Phi) is 4.49. The predicted octanol–water partition coefficient (Wildman–Crippen LogP) is 5.16. The van der Waals surface area contributed by atoms with E-state index < -0.39 is 0 Å². The summed E-state index contributed by atoms with van der Waals surface area (Å²) in [4.78, 5) is 25.0. The van der Waals surface area contributed by atoms with Gasteiger partial charge in [-0.25, -0.2) is 4.39 Å². The molecular weight excluding hydrogens is 357 g/mol. The van der Waals surface area contributed by atoms with Gasteiger partial charge in [0.05, 0.1) is 5.39 Å². The molecule has 0 atom stereocenters. The first-order valence-electron chi connectivity index (χ1n) is 8.71. The zero-order chi connectivity index (χ0) is 19.7. The Labute approximate surface area is 160 Å². The fourth-order valence-electron chi connectivity index (χ4n) is 2.98. The quantitative estimate of drug-likeness (QED) is 0.540. The van der Waals surface area contributed by atoms with E-state index in [9.17, 15) is 14.0 Å². The van der Waals surface area contributed by atoms with Crippen LogP contribution in [-0.2, 0) is 0 Å². The van der Waals surface area contributed by atoms with Crippen molar-refractivity contribution in [1.82, 2.24) is 0 Å². The summed E-state index contributed by atoms with van der Waals surface area (Å²) < 4.78 is 18.9. The second kappa shape index (κ2) is 7.12. The van der Waals surface area contributed by atoms with E-state index in [4.69, 9.17) is 4.42 Å². The van der Waals surface area contributed by atoms with Crippen molar-refractivity contribution in [1.29, 1.82) is 0 Å². The molecule has 28 heavy (non-hydrogen) atoms. The molecule has 1 amide bonds. The number of fused-ring (bicyclic) bond motifs is 1. The van der Waals surface area contributed by atoms with Gasteiger partial charge in [-0.15, -0.1) is 0 Å². The number of carbonyl (C=O) groups excluding carboxylic acids is 1. The van der Waals surface area contributed by atoms with E-state index in [0.29, 0.717) is 33.5 Å². The summed E-state index contributed by atoms with van der Waals surface area (Å²) in [6.45, 7) is 1.91. The number of nitrogens with one attached hydrogen (secondary N) is 1. The Bertz CT molecular complexity index is 1240. The number of carbonyl (C=O) groups is 1. The Morgan fingerprint density at radius 3 is 2.50 bits per heavy atom. The third kappa shape index (κ3) is 3.55. The number of aryl methyl sites for hydroxylation is 1. The lowest BCUT2D eigenvalue weighted by Gasteiger charge is -2.08. The molecule has 4 nitrogen and oxygen atoms in total. The van der Waals surface area contributed by atoms with Crippen LogP contribution in [0.15, 0.2) is 82.0 Å². The van der Waals surface area contributed by atoms with E-state index in [1.54, 1.807) is 42.5 Å². The molecule has 138 valence electrons. The van der Waals surface area contributed by atoms with Gasteiger partial charge in [0.15, 0.2) is 5.43 Å². The zero-order valence-corrected chi connectivity index (χ0v) is 15.0. The highest BCUT2D eigenvalue weighted by molar-refractivity contribution is 6.05. The number of amides is 1. The SMILES string of the molecule is Cc1cccc(C(=O)Nc2ccc3oc(-c4ccc(F)cc4)cc(=O)c3c2)c1. The van der Waals surface area contributed by atoms with E-state index in [1.807, 2.05) is 19.1 Å². The first kappa shape index (κ1) is 17.7. The molecule has 1 aromatic heterocycles. The molecular formula is C23H16FNO3. The molecule has 4 rings (SSSR count). The highest BCUT2D eigenvalue weighted by Gasteiger charge is 2.10. The van der Waals surface area contributed by atoms with Crippen LogP contribution < -0.4 is 10.7 Å². The standard InChI is InChI=1S/C23H16FNO3/c1-14-3-2-4-16(11-14)23(27)25-18-9-10-21-19(12-18)20(26)13-22(28-21)15-5-7-17(24)8-6-15/h2-13H,1H3,(H,25,27). The van der Waals surface area contributed by atoms with Crippen LogP contribution in [0.3, 0.4) is 0 Å². The van der Waals surface area contributed by atoms with Gasteiger partial charge in [-0.1, -0.05) is 17.7 Å². The summed E-state index contributed by atoms with van der Waals surface area (Å²) in [7, 11) is 0. The van der Waals surface area contributed by atoms with Crippen LogP contribution in [-0.4, -0.2) is 5.91 Å². The van der Waals surface area contributed by atoms with Crippen LogP contribution in [0, 0.1) is 12.7 Å². The van der Waals surface area contributed by atoms with Crippen LogP contribution in [0.5, 0.6) is 0 Å². The maximum absolute atomic E-state index is 13.1. The van der Waals surface area contributed by atoms with Gasteiger partial charge in [-0.05, 0) is 61.5 Å². The normalized spacial score (nSPS) is 10.8. The molecule has 0 aliphatic heterocycles. The van der Waals surface area contributed by atoms with Gasteiger partial charge in [0.2, 0.25) is 0 Å². The highest BCUT2D eigenvalue weighted by Crippen LogP contribution is 2.24. The van der Waals surface area contributed by atoms with Crippen molar-refractivity contribution >= 4 is 22.6 Å². The van der Waals surface area contributed by atoms with E-state index in [1.165, 1.54) is 18.2 Å². The molecule has 4 aromatic rings. The predicted molar refractivity (Wildman–Crippen MR) is 107 cm³/mol. The van der Waals surface area contributed by atoms with Crippen molar-refractivity contribution in [3.8, 4) is 11.3 Å². The maximum atomic E-state index is 13.1. The fraction of sp³-hybridized carbons (Fsp3) is 0.0435. The van der Waals surface area contributed by atoms with Crippen molar-refractivity contribution in [2.75, 3.05) is 5.32 Å². The minimum absolute atomic E-state index is 0.243. The lowest BCUT2D eigenvalue weighted by atomic mass is 10.1. The molecule has 5 heteroatoms. The largest absolute Gasteiger partial charge is 0.456 e. The van der Waals surface area contributed by atoms with Crippen molar-refractivity contribution in [2.45, 2.75) is 6.92 Å². The third-order valence-electron chi connectivity index (χ3n) is 4.39. The van der Waals surface area contributed by atoms with Gasteiger partial charge in [0, 0.05) is 22.9 Å². The van der Waals surface area contributed by atoms with Gasteiger partial charge < -0.3 is 9.73 Å². The first-order valence-corrected chi connectivity index (χ1v) is 8.71. The van der Waals surface area contributed by atoms with Gasteiger partial charge in [0.25, 0.3) is 5.91 Å². The summed E-state index contributed by atoms with van der Waals surface area (Å²) in [5.74, 6) is -0.259. The fourth-order valence-corrected chi connectivity index (χ4v) is 2.98. The number of rotatable bonds is 3. The molecule has 0 radical (unpaired) electrons. The van der Waals surface area contributed by atoms with Crippen LogP contribution in [0.1, 0.15) is 15.9 Å². The summed E-state index contributed by atoms with van der Waals surface area (Å²) in [6.07, 6.45) is 0. The molecule has 0 spiro atoms. The minimum Gasteiger partial charge on any atom is -0.456 e. The Balaban J connectivity index is 1.67. The van der Waals surface area contributed by atoms with Crippen molar-refractivity contribution < 1.29 is 13.6 Å². The van der Waals surface area contributed by atoms with E-state index in [2.05, 4.69) is 5.32 Å². The number of halogens is 1. The van der Waals surface area contributed by atoms with E-state index >= 15 is 0 Å². The molecule has 0 aliphatic rings.